The zero-order valence-corrected chi connectivity index (χ0v) is 16.3. The molecule has 7 nitrogen and oxygen atoms in total. The molecule has 1 fully saturated rings. The number of anilines is 1. The zero-order chi connectivity index (χ0) is 19.3. The lowest BCUT2D eigenvalue weighted by atomic mass is 10.0. The average molecular weight is 379 g/mol. The fraction of sp³-hybridized carbons (Fsp3) is 0.381. The fourth-order valence-electron chi connectivity index (χ4n) is 3.67. The van der Waals surface area contributed by atoms with Crippen molar-refractivity contribution in [1.82, 2.24) is 20.3 Å². The largest absolute Gasteiger partial charge is 0.493 e. The van der Waals surface area contributed by atoms with Crippen LogP contribution >= 0.6 is 0 Å². The van der Waals surface area contributed by atoms with Gasteiger partial charge < -0.3 is 19.7 Å². The minimum atomic E-state index is 0.487. The lowest BCUT2D eigenvalue weighted by molar-refractivity contribution is 0.355. The Hall–Kier alpha value is -2.93. The Morgan fingerprint density at radius 1 is 1.04 bits per heavy atom. The first-order chi connectivity index (χ1) is 13.8. The second-order valence-corrected chi connectivity index (χ2v) is 6.88. The second kappa shape index (κ2) is 8.39. The van der Waals surface area contributed by atoms with Gasteiger partial charge in [0.1, 0.15) is 12.1 Å². The van der Waals surface area contributed by atoms with Crippen LogP contribution in [0, 0.1) is 0 Å². The van der Waals surface area contributed by atoms with Crippen molar-refractivity contribution < 1.29 is 9.47 Å². The quantitative estimate of drug-likeness (QED) is 0.706. The molecule has 1 aliphatic heterocycles. The number of piperidine rings is 1. The molecule has 1 aliphatic rings. The Morgan fingerprint density at radius 3 is 2.54 bits per heavy atom. The smallest absolute Gasteiger partial charge is 0.162 e. The van der Waals surface area contributed by atoms with Gasteiger partial charge in [-0.2, -0.15) is 0 Å². The lowest BCUT2D eigenvalue weighted by Gasteiger charge is -2.33. The molecule has 28 heavy (non-hydrogen) atoms. The van der Waals surface area contributed by atoms with Crippen molar-refractivity contribution in [2.75, 3.05) is 32.2 Å². The van der Waals surface area contributed by atoms with Crippen LogP contribution < -0.4 is 19.7 Å². The van der Waals surface area contributed by atoms with Crippen LogP contribution in [0.2, 0.25) is 0 Å². The Morgan fingerprint density at radius 2 is 1.82 bits per heavy atom. The molecule has 146 valence electrons. The Kier molecular flexibility index (Phi) is 5.53. The third kappa shape index (κ3) is 3.84. The number of hydrogen-bond donors (Lipinski definition) is 1. The molecule has 0 unspecified atom stereocenters. The molecular formula is C21H25N5O2. The van der Waals surface area contributed by atoms with E-state index in [-0.39, 0.29) is 0 Å². The highest BCUT2D eigenvalue weighted by atomic mass is 16.5. The molecule has 7 heteroatoms. The van der Waals surface area contributed by atoms with E-state index in [4.69, 9.17) is 9.47 Å². The predicted molar refractivity (Wildman–Crippen MR) is 109 cm³/mol. The highest BCUT2D eigenvalue weighted by Crippen LogP contribution is 2.35. The first kappa shape index (κ1) is 18.4. The van der Waals surface area contributed by atoms with Crippen molar-refractivity contribution in [3.63, 3.8) is 0 Å². The molecule has 0 aliphatic carbocycles. The SMILES string of the molecule is COc1cc2ncnc(N3CCC(NCc4ccccn4)CC3)c2cc1OC. The summed E-state index contributed by atoms with van der Waals surface area (Å²) in [5, 5.41) is 4.61. The maximum absolute atomic E-state index is 5.46. The van der Waals surface area contributed by atoms with Gasteiger partial charge in [0.2, 0.25) is 0 Å². The van der Waals surface area contributed by atoms with Crippen LogP contribution in [0.25, 0.3) is 10.9 Å². The van der Waals surface area contributed by atoms with E-state index in [1.54, 1.807) is 20.5 Å². The summed E-state index contributed by atoms with van der Waals surface area (Å²) in [4.78, 5) is 15.7. The number of fused-ring (bicyclic) bond motifs is 1. The predicted octanol–water partition coefficient (Wildman–Crippen LogP) is 2.80. The van der Waals surface area contributed by atoms with E-state index in [9.17, 15) is 0 Å². The number of nitrogens with one attached hydrogen (secondary N) is 1. The van der Waals surface area contributed by atoms with Gasteiger partial charge in [-0.1, -0.05) is 6.07 Å². The second-order valence-electron chi connectivity index (χ2n) is 6.88. The van der Waals surface area contributed by atoms with Gasteiger partial charge in [-0.25, -0.2) is 9.97 Å². The minimum absolute atomic E-state index is 0.487. The van der Waals surface area contributed by atoms with E-state index in [1.165, 1.54) is 0 Å². The first-order valence-electron chi connectivity index (χ1n) is 9.53. The molecule has 0 spiro atoms. The van der Waals surface area contributed by atoms with Gasteiger partial charge in [-0.15, -0.1) is 0 Å². The molecule has 0 bridgehead atoms. The summed E-state index contributed by atoms with van der Waals surface area (Å²) in [5.41, 5.74) is 1.94. The Balaban J connectivity index is 1.46. The molecule has 3 aromatic rings. The van der Waals surface area contributed by atoms with Crippen LogP contribution in [0.4, 0.5) is 5.82 Å². The summed E-state index contributed by atoms with van der Waals surface area (Å²) < 4.78 is 10.9. The molecule has 0 amide bonds. The van der Waals surface area contributed by atoms with E-state index >= 15 is 0 Å². The van der Waals surface area contributed by atoms with Crippen LogP contribution in [0.3, 0.4) is 0 Å². The van der Waals surface area contributed by atoms with Crippen molar-refractivity contribution in [3.05, 3.63) is 48.5 Å². The van der Waals surface area contributed by atoms with Gasteiger partial charge in [0.05, 0.1) is 25.4 Å². The normalized spacial score (nSPS) is 15.0. The van der Waals surface area contributed by atoms with E-state index in [0.717, 1.165) is 54.9 Å². The monoisotopic (exact) mass is 379 g/mol. The molecule has 3 heterocycles. The summed E-state index contributed by atoms with van der Waals surface area (Å²) in [6, 6.07) is 10.4. The summed E-state index contributed by atoms with van der Waals surface area (Å²) >= 11 is 0. The number of ether oxygens (including phenoxy) is 2. The topological polar surface area (TPSA) is 72.4 Å². The van der Waals surface area contributed by atoms with Crippen LogP contribution in [0.5, 0.6) is 11.5 Å². The number of aromatic nitrogens is 3. The highest BCUT2D eigenvalue weighted by Gasteiger charge is 2.22. The van der Waals surface area contributed by atoms with E-state index in [2.05, 4.69) is 31.2 Å². The summed E-state index contributed by atoms with van der Waals surface area (Å²) in [6.45, 7) is 2.69. The minimum Gasteiger partial charge on any atom is -0.493 e. The molecule has 0 saturated carbocycles. The Labute approximate surface area is 164 Å². The van der Waals surface area contributed by atoms with Crippen molar-refractivity contribution >= 4 is 16.7 Å². The summed E-state index contributed by atoms with van der Waals surface area (Å²) in [6.07, 6.45) is 5.58. The van der Waals surface area contributed by atoms with E-state index < -0.39 is 0 Å². The van der Waals surface area contributed by atoms with Crippen LogP contribution in [-0.4, -0.2) is 48.3 Å². The first-order valence-corrected chi connectivity index (χ1v) is 9.53. The Bertz CT molecular complexity index is 927. The standard InChI is InChI=1S/C21H25N5O2/c1-27-19-11-17-18(12-20(19)28-2)24-14-25-21(17)26-9-6-15(7-10-26)23-13-16-5-3-4-8-22-16/h3-5,8,11-12,14-15,23H,6-7,9-10,13H2,1-2H3. The lowest BCUT2D eigenvalue weighted by Crippen LogP contribution is -2.42. The van der Waals surface area contributed by atoms with Crippen LogP contribution in [-0.2, 0) is 6.54 Å². The van der Waals surface area contributed by atoms with Crippen LogP contribution in [0.15, 0.2) is 42.9 Å². The molecule has 4 rings (SSSR count). The van der Waals surface area contributed by atoms with Crippen molar-refractivity contribution in [3.8, 4) is 11.5 Å². The van der Waals surface area contributed by atoms with Crippen molar-refractivity contribution in [1.29, 1.82) is 0 Å². The van der Waals surface area contributed by atoms with Gasteiger partial charge in [0.15, 0.2) is 11.5 Å². The average Bonchev–Trinajstić information content (AvgIpc) is 2.77. The molecule has 1 N–H and O–H groups in total. The number of benzene rings is 1. The van der Waals surface area contributed by atoms with E-state index in [0.29, 0.717) is 17.5 Å². The number of nitrogens with zero attached hydrogens (tertiary/aromatic N) is 4. The molecule has 0 radical (unpaired) electrons. The third-order valence-corrected chi connectivity index (χ3v) is 5.21. The highest BCUT2D eigenvalue weighted by molar-refractivity contribution is 5.92. The van der Waals surface area contributed by atoms with Crippen LogP contribution in [0.1, 0.15) is 18.5 Å². The maximum Gasteiger partial charge on any atom is 0.162 e. The number of pyridine rings is 1. The number of methoxy groups -OCH3 is 2. The van der Waals surface area contributed by atoms with Gasteiger partial charge >= 0.3 is 0 Å². The molecule has 2 aromatic heterocycles. The van der Waals surface area contributed by atoms with Gasteiger partial charge in [0, 0.05) is 43.3 Å². The molecule has 1 saturated heterocycles. The zero-order valence-electron chi connectivity index (χ0n) is 16.3. The third-order valence-electron chi connectivity index (χ3n) is 5.21. The number of rotatable bonds is 6. The van der Waals surface area contributed by atoms with Gasteiger partial charge in [-0.05, 0) is 31.0 Å². The molecule has 0 atom stereocenters. The van der Waals surface area contributed by atoms with Crippen molar-refractivity contribution in [2.24, 2.45) is 0 Å². The van der Waals surface area contributed by atoms with Crippen molar-refractivity contribution in [2.45, 2.75) is 25.4 Å². The summed E-state index contributed by atoms with van der Waals surface area (Å²) in [5.74, 6) is 2.32. The number of hydrogen-bond acceptors (Lipinski definition) is 7. The maximum atomic E-state index is 5.46. The van der Waals surface area contributed by atoms with Gasteiger partial charge in [0.25, 0.3) is 0 Å². The molecular weight excluding hydrogens is 354 g/mol. The fourth-order valence-corrected chi connectivity index (χ4v) is 3.67. The van der Waals surface area contributed by atoms with Gasteiger partial charge in [-0.3, -0.25) is 4.98 Å². The summed E-state index contributed by atoms with van der Waals surface area (Å²) in [7, 11) is 3.28. The van der Waals surface area contributed by atoms with E-state index in [1.807, 2.05) is 30.5 Å². The molecule has 1 aromatic carbocycles.